The number of nitro groups is 1. The molecular weight excluding hydrogens is 328 g/mol. The summed E-state index contributed by atoms with van der Waals surface area (Å²) in [4.78, 5) is 14.9. The van der Waals surface area contributed by atoms with Gasteiger partial charge in [-0.2, -0.15) is 0 Å². The Balaban J connectivity index is 1.61. The summed E-state index contributed by atoms with van der Waals surface area (Å²) in [5.74, 6) is 0.771. The average molecular weight is 352 g/mol. The van der Waals surface area contributed by atoms with Crippen molar-refractivity contribution in [3.63, 3.8) is 0 Å². The van der Waals surface area contributed by atoms with Crippen molar-refractivity contribution < 1.29 is 4.92 Å². The van der Waals surface area contributed by atoms with Gasteiger partial charge in [-0.1, -0.05) is 42.5 Å². The van der Waals surface area contributed by atoms with Gasteiger partial charge in [0.15, 0.2) is 5.96 Å². The Bertz CT molecular complexity index is 768. The number of non-ortho nitro benzene ring substituents is 1. The summed E-state index contributed by atoms with van der Waals surface area (Å²) in [5.41, 5.74) is 2.63. The molecular formula is C20H24N4O2. The second-order valence-electron chi connectivity index (χ2n) is 6.62. The molecule has 0 unspecified atom stereocenters. The first-order valence-corrected chi connectivity index (χ1v) is 8.94. The number of nitro benzene ring substituents is 1. The van der Waals surface area contributed by atoms with Gasteiger partial charge in [0.1, 0.15) is 0 Å². The number of rotatable bonds is 7. The Morgan fingerprint density at radius 1 is 1.12 bits per heavy atom. The molecule has 0 aromatic heterocycles. The highest BCUT2D eigenvalue weighted by Crippen LogP contribution is 2.47. The molecule has 3 rings (SSSR count). The van der Waals surface area contributed by atoms with Gasteiger partial charge in [0.05, 0.1) is 11.5 Å². The molecule has 0 spiro atoms. The van der Waals surface area contributed by atoms with Crippen LogP contribution in [0.3, 0.4) is 0 Å². The van der Waals surface area contributed by atoms with Crippen LogP contribution >= 0.6 is 0 Å². The lowest BCUT2D eigenvalue weighted by Gasteiger charge is -2.19. The van der Waals surface area contributed by atoms with Crippen LogP contribution in [0, 0.1) is 10.1 Å². The van der Waals surface area contributed by atoms with Crippen molar-refractivity contribution in [2.45, 2.75) is 31.7 Å². The zero-order valence-corrected chi connectivity index (χ0v) is 14.9. The highest BCUT2D eigenvalue weighted by Gasteiger charge is 2.43. The molecule has 1 aliphatic carbocycles. The molecule has 1 fully saturated rings. The summed E-state index contributed by atoms with van der Waals surface area (Å²) in [6.45, 7) is 4.15. The van der Waals surface area contributed by atoms with E-state index in [1.165, 1.54) is 30.5 Å². The van der Waals surface area contributed by atoms with Crippen LogP contribution in [0.5, 0.6) is 0 Å². The summed E-state index contributed by atoms with van der Waals surface area (Å²) in [7, 11) is 0. The molecule has 0 heterocycles. The molecule has 136 valence electrons. The lowest BCUT2D eigenvalue weighted by Crippen LogP contribution is -2.41. The predicted molar refractivity (Wildman–Crippen MR) is 103 cm³/mol. The van der Waals surface area contributed by atoms with Gasteiger partial charge in [-0.15, -0.1) is 0 Å². The fraction of sp³-hybridized carbons (Fsp3) is 0.350. The summed E-state index contributed by atoms with van der Waals surface area (Å²) in [6, 6.07) is 17.1. The van der Waals surface area contributed by atoms with Gasteiger partial charge in [-0.05, 0) is 30.9 Å². The second kappa shape index (κ2) is 7.99. The maximum Gasteiger partial charge on any atom is 0.269 e. The zero-order chi connectivity index (χ0) is 18.4. The van der Waals surface area contributed by atoms with Crippen molar-refractivity contribution in [1.29, 1.82) is 0 Å². The van der Waals surface area contributed by atoms with Crippen LogP contribution in [0.15, 0.2) is 59.6 Å². The third-order valence-corrected chi connectivity index (χ3v) is 4.75. The maximum absolute atomic E-state index is 10.7. The van der Waals surface area contributed by atoms with E-state index in [0.717, 1.165) is 24.6 Å². The highest BCUT2D eigenvalue weighted by atomic mass is 16.6. The molecule has 0 amide bonds. The van der Waals surface area contributed by atoms with Crippen molar-refractivity contribution in [3.05, 3.63) is 75.8 Å². The number of nitrogens with zero attached hydrogens (tertiary/aromatic N) is 2. The first-order valence-electron chi connectivity index (χ1n) is 8.94. The Kier molecular flexibility index (Phi) is 5.51. The maximum atomic E-state index is 10.7. The van der Waals surface area contributed by atoms with E-state index in [9.17, 15) is 10.1 Å². The third kappa shape index (κ3) is 4.39. The monoisotopic (exact) mass is 352 g/mol. The molecule has 2 aromatic rings. The predicted octanol–water partition coefficient (Wildman–Crippen LogP) is 3.38. The molecule has 26 heavy (non-hydrogen) atoms. The summed E-state index contributed by atoms with van der Waals surface area (Å²) in [5, 5.41) is 17.4. The quantitative estimate of drug-likeness (QED) is 0.346. The van der Waals surface area contributed by atoms with Crippen LogP contribution in [0.1, 0.15) is 30.9 Å². The summed E-state index contributed by atoms with van der Waals surface area (Å²) < 4.78 is 0. The van der Waals surface area contributed by atoms with Gasteiger partial charge >= 0.3 is 0 Å². The lowest BCUT2D eigenvalue weighted by atomic mass is 9.96. The topological polar surface area (TPSA) is 79.6 Å². The van der Waals surface area contributed by atoms with Gasteiger partial charge in [-0.3, -0.25) is 10.1 Å². The van der Waals surface area contributed by atoms with Crippen LogP contribution in [0.4, 0.5) is 5.69 Å². The lowest BCUT2D eigenvalue weighted by molar-refractivity contribution is -0.384. The smallest absolute Gasteiger partial charge is 0.269 e. The molecule has 0 atom stereocenters. The molecule has 0 radical (unpaired) electrons. The minimum atomic E-state index is -0.392. The Morgan fingerprint density at radius 3 is 2.38 bits per heavy atom. The fourth-order valence-corrected chi connectivity index (χ4v) is 3.00. The van der Waals surface area contributed by atoms with Crippen molar-refractivity contribution in [3.8, 4) is 0 Å². The van der Waals surface area contributed by atoms with E-state index in [1.54, 1.807) is 12.1 Å². The third-order valence-electron chi connectivity index (χ3n) is 4.75. The molecule has 6 nitrogen and oxygen atoms in total. The van der Waals surface area contributed by atoms with Gasteiger partial charge in [0, 0.05) is 30.6 Å². The van der Waals surface area contributed by atoms with Crippen molar-refractivity contribution in [2.75, 3.05) is 13.1 Å². The number of aliphatic imine (C=N–C) groups is 1. The van der Waals surface area contributed by atoms with Crippen LogP contribution in [0.2, 0.25) is 0 Å². The Hall–Kier alpha value is -2.89. The van der Waals surface area contributed by atoms with Gasteiger partial charge in [-0.25, -0.2) is 4.99 Å². The molecule has 2 aromatic carbocycles. The number of benzene rings is 2. The van der Waals surface area contributed by atoms with E-state index in [2.05, 4.69) is 39.9 Å². The minimum absolute atomic E-state index is 0.0984. The number of hydrogen-bond acceptors (Lipinski definition) is 3. The average Bonchev–Trinajstić information content (AvgIpc) is 3.46. The molecule has 0 aliphatic heterocycles. The van der Waals surface area contributed by atoms with Crippen molar-refractivity contribution in [2.24, 2.45) is 4.99 Å². The fourth-order valence-electron chi connectivity index (χ4n) is 3.00. The van der Waals surface area contributed by atoms with E-state index >= 15 is 0 Å². The standard InChI is InChI=1S/C20H24N4O2/c1-2-21-19(22-14-16-8-10-18(11-9-16)24(25)26)23-15-20(12-13-20)17-6-4-3-5-7-17/h3-11H,2,12-15H2,1H3,(H2,21,22,23). The molecule has 1 saturated carbocycles. The molecule has 2 N–H and O–H groups in total. The van der Waals surface area contributed by atoms with E-state index in [1.807, 2.05) is 13.0 Å². The number of hydrogen-bond donors (Lipinski definition) is 2. The largest absolute Gasteiger partial charge is 0.357 e. The zero-order valence-electron chi connectivity index (χ0n) is 14.9. The van der Waals surface area contributed by atoms with Gasteiger partial charge in [0.25, 0.3) is 5.69 Å². The van der Waals surface area contributed by atoms with Crippen LogP contribution in [-0.2, 0) is 12.0 Å². The second-order valence-corrected chi connectivity index (χ2v) is 6.62. The summed E-state index contributed by atoms with van der Waals surface area (Å²) >= 11 is 0. The number of guanidine groups is 1. The summed E-state index contributed by atoms with van der Waals surface area (Å²) in [6.07, 6.45) is 2.37. The Morgan fingerprint density at radius 2 is 1.81 bits per heavy atom. The molecule has 0 saturated heterocycles. The normalized spacial score (nSPS) is 15.3. The minimum Gasteiger partial charge on any atom is -0.357 e. The SMILES string of the molecule is CCNC(=NCc1ccc([N+](=O)[O-])cc1)NCC1(c2ccccc2)CC1. The molecule has 1 aliphatic rings. The van der Waals surface area contributed by atoms with E-state index in [4.69, 9.17) is 0 Å². The molecule has 0 bridgehead atoms. The molecule has 6 heteroatoms. The number of nitrogens with one attached hydrogen (secondary N) is 2. The first kappa shape index (κ1) is 17.9. The van der Waals surface area contributed by atoms with Crippen molar-refractivity contribution >= 4 is 11.6 Å². The van der Waals surface area contributed by atoms with Crippen LogP contribution < -0.4 is 10.6 Å². The van der Waals surface area contributed by atoms with E-state index < -0.39 is 4.92 Å². The van der Waals surface area contributed by atoms with Gasteiger partial charge < -0.3 is 10.6 Å². The highest BCUT2D eigenvalue weighted by molar-refractivity contribution is 5.80. The van der Waals surface area contributed by atoms with Crippen LogP contribution in [0.25, 0.3) is 0 Å². The van der Waals surface area contributed by atoms with E-state index in [-0.39, 0.29) is 11.1 Å². The first-order chi connectivity index (χ1) is 12.6. The van der Waals surface area contributed by atoms with Crippen molar-refractivity contribution in [1.82, 2.24) is 10.6 Å². The van der Waals surface area contributed by atoms with Crippen LogP contribution in [-0.4, -0.2) is 24.0 Å². The van der Waals surface area contributed by atoms with E-state index in [0.29, 0.717) is 6.54 Å². The Labute approximate surface area is 153 Å². The van der Waals surface area contributed by atoms with Gasteiger partial charge in [0.2, 0.25) is 0 Å².